The van der Waals surface area contributed by atoms with Gasteiger partial charge in [0.2, 0.25) is 0 Å². The van der Waals surface area contributed by atoms with Crippen molar-refractivity contribution in [2.24, 2.45) is 5.16 Å². The van der Waals surface area contributed by atoms with Gasteiger partial charge in [-0.1, -0.05) is 25.9 Å². The van der Waals surface area contributed by atoms with Crippen molar-refractivity contribution in [2.45, 2.75) is 70.7 Å². The van der Waals surface area contributed by atoms with Crippen LogP contribution in [0, 0.1) is 0 Å². The van der Waals surface area contributed by atoms with Gasteiger partial charge in [0.05, 0.1) is 12.8 Å². The second-order valence-electron chi connectivity index (χ2n) is 6.97. The Morgan fingerprint density at radius 3 is 2.37 bits per heavy atom. The van der Waals surface area contributed by atoms with E-state index in [0.717, 1.165) is 0 Å². The van der Waals surface area contributed by atoms with Gasteiger partial charge in [0.25, 0.3) is 0 Å². The van der Waals surface area contributed by atoms with Crippen LogP contribution in [0.1, 0.15) is 34.6 Å². The van der Waals surface area contributed by atoms with Gasteiger partial charge in [0, 0.05) is 0 Å². The molecule has 0 bridgehead atoms. The van der Waals surface area contributed by atoms with E-state index in [1.54, 1.807) is 0 Å². The highest BCUT2D eigenvalue weighted by Gasteiger charge is 2.43. The van der Waals surface area contributed by atoms with Gasteiger partial charge in [-0.05, 0) is 32.0 Å². The van der Waals surface area contributed by atoms with Crippen LogP contribution in [0.4, 0.5) is 0 Å². The monoisotopic (exact) mass is 289 g/mol. The molecule has 1 heterocycles. The van der Waals surface area contributed by atoms with Gasteiger partial charge in [-0.3, -0.25) is 0 Å². The summed E-state index contributed by atoms with van der Waals surface area (Å²) in [5.41, 5.74) is 0. The van der Waals surface area contributed by atoms with Crippen LogP contribution < -0.4 is 0 Å². The quantitative estimate of drug-likeness (QED) is 0.374. The van der Waals surface area contributed by atoms with Crippen LogP contribution in [0.25, 0.3) is 0 Å². The zero-order valence-electron chi connectivity index (χ0n) is 13.1. The normalized spacial score (nSPS) is 28.2. The van der Waals surface area contributed by atoms with Gasteiger partial charge in [-0.15, -0.1) is 0 Å². The van der Waals surface area contributed by atoms with Gasteiger partial charge in [-0.2, -0.15) is 0 Å². The summed E-state index contributed by atoms with van der Waals surface area (Å²) >= 11 is 0. The van der Waals surface area contributed by atoms with Gasteiger partial charge < -0.3 is 19.1 Å². The van der Waals surface area contributed by atoms with Crippen molar-refractivity contribution in [3.8, 4) is 0 Å². The van der Waals surface area contributed by atoms with Crippen LogP contribution in [-0.4, -0.2) is 44.3 Å². The molecule has 1 saturated heterocycles. The molecule has 0 amide bonds. The third kappa shape index (κ3) is 4.27. The van der Waals surface area contributed by atoms with Crippen LogP contribution in [0.5, 0.6) is 0 Å². The first kappa shape index (κ1) is 16.6. The Kier molecular flexibility index (Phi) is 4.82. The van der Waals surface area contributed by atoms with Crippen molar-refractivity contribution in [2.75, 3.05) is 6.61 Å². The van der Waals surface area contributed by atoms with Crippen LogP contribution >= 0.6 is 0 Å². The van der Waals surface area contributed by atoms with Crippen molar-refractivity contribution < 1.29 is 19.1 Å². The molecule has 0 unspecified atom stereocenters. The van der Waals surface area contributed by atoms with E-state index in [2.05, 4.69) is 39.0 Å². The molecule has 6 heteroatoms. The largest absolute Gasteiger partial charge is 0.414 e. The lowest BCUT2D eigenvalue weighted by molar-refractivity contribution is -0.144. The zero-order valence-corrected chi connectivity index (χ0v) is 14.1. The Balaban J connectivity index is 2.66. The Hall–Kier alpha value is -0.433. The van der Waals surface area contributed by atoms with E-state index in [9.17, 15) is 0 Å². The molecule has 1 aliphatic rings. The lowest BCUT2D eigenvalue weighted by Gasteiger charge is -2.37. The maximum absolute atomic E-state index is 8.67. The van der Waals surface area contributed by atoms with Crippen LogP contribution in [-0.2, 0) is 13.9 Å². The lowest BCUT2D eigenvalue weighted by Crippen LogP contribution is -2.44. The first-order chi connectivity index (χ1) is 8.48. The maximum Gasteiger partial charge on any atom is 0.192 e. The average Bonchev–Trinajstić information content (AvgIpc) is 2.49. The molecule has 1 N–H and O–H groups in total. The highest BCUT2D eigenvalue weighted by atomic mass is 28.4. The third-order valence-electron chi connectivity index (χ3n) is 3.85. The van der Waals surface area contributed by atoms with Gasteiger partial charge in [0.1, 0.15) is 12.2 Å². The van der Waals surface area contributed by atoms with Crippen molar-refractivity contribution >= 4 is 14.5 Å². The highest BCUT2D eigenvalue weighted by molar-refractivity contribution is 6.74. The second-order valence-corrected chi connectivity index (χ2v) is 11.8. The summed E-state index contributed by atoms with van der Waals surface area (Å²) in [6.07, 6.45) is 0.749. The van der Waals surface area contributed by atoms with E-state index in [1.807, 2.05) is 13.8 Å². The number of nitrogens with zero attached hydrogens (tertiary/aromatic N) is 1. The fourth-order valence-corrected chi connectivity index (χ4v) is 2.70. The number of hydrogen-bond donors (Lipinski definition) is 1. The number of oxime groups is 1. The molecule has 19 heavy (non-hydrogen) atoms. The predicted octanol–water partition coefficient (Wildman–Crippen LogP) is 2.99. The number of hydrogen-bond acceptors (Lipinski definition) is 5. The summed E-state index contributed by atoms with van der Waals surface area (Å²) in [6.45, 7) is 15.1. The first-order valence-electron chi connectivity index (χ1n) is 6.66. The molecule has 112 valence electrons. The molecule has 0 radical (unpaired) electrons. The van der Waals surface area contributed by atoms with Crippen LogP contribution in [0.3, 0.4) is 0 Å². The van der Waals surface area contributed by atoms with E-state index >= 15 is 0 Å². The summed E-state index contributed by atoms with van der Waals surface area (Å²) in [4.78, 5) is 0. The third-order valence-corrected chi connectivity index (χ3v) is 8.35. The molecule has 5 nitrogen and oxygen atoms in total. The van der Waals surface area contributed by atoms with E-state index in [-0.39, 0.29) is 17.2 Å². The van der Waals surface area contributed by atoms with E-state index in [0.29, 0.717) is 6.61 Å². The minimum Gasteiger partial charge on any atom is -0.414 e. The Morgan fingerprint density at radius 2 is 1.89 bits per heavy atom. The van der Waals surface area contributed by atoms with Crippen LogP contribution in [0.2, 0.25) is 18.1 Å². The molecule has 0 aromatic carbocycles. The molecule has 1 aliphatic heterocycles. The van der Waals surface area contributed by atoms with E-state index < -0.39 is 14.1 Å². The lowest BCUT2D eigenvalue weighted by atomic mass is 10.2. The summed E-state index contributed by atoms with van der Waals surface area (Å²) in [5.74, 6) is -0.673. The first-order valence-corrected chi connectivity index (χ1v) is 9.56. The fourth-order valence-electron chi connectivity index (χ4n) is 1.69. The molecule has 0 spiro atoms. The van der Waals surface area contributed by atoms with Crippen molar-refractivity contribution in [3.63, 3.8) is 0 Å². The number of ether oxygens (including phenoxy) is 2. The molecule has 2 atom stereocenters. The summed E-state index contributed by atoms with van der Waals surface area (Å²) < 4.78 is 17.6. The fraction of sp³-hybridized carbons (Fsp3) is 0.923. The topological polar surface area (TPSA) is 60.3 Å². The molecule has 0 aromatic heterocycles. The minimum absolute atomic E-state index is 0.155. The predicted molar refractivity (Wildman–Crippen MR) is 77.3 cm³/mol. The minimum atomic E-state index is -1.81. The molecule has 1 rings (SSSR count). The standard InChI is InChI=1S/C13H27NO4Si/c1-12(2,3)19(6,7)16-9-11-10(8-14-15)17-13(4,5)18-11/h8,10-11,15H,9H2,1-7H3/t10-,11+/m1/s1. The maximum atomic E-state index is 8.67. The molecule has 0 aromatic rings. The zero-order chi connectivity index (χ0) is 14.9. The van der Waals surface area contributed by atoms with Crippen molar-refractivity contribution in [1.82, 2.24) is 0 Å². The SMILES string of the molecule is CC1(C)O[C@@H](CO[Si](C)(C)C(C)(C)C)[C@@H](C=NO)O1. The molecule has 0 aliphatic carbocycles. The van der Waals surface area contributed by atoms with E-state index in [4.69, 9.17) is 19.1 Å². The highest BCUT2D eigenvalue weighted by Crippen LogP contribution is 2.37. The second kappa shape index (κ2) is 5.52. The summed E-state index contributed by atoms with van der Waals surface area (Å²) in [7, 11) is -1.81. The summed E-state index contributed by atoms with van der Waals surface area (Å²) in [6, 6.07) is 0. The van der Waals surface area contributed by atoms with Crippen molar-refractivity contribution in [1.29, 1.82) is 0 Å². The smallest absolute Gasteiger partial charge is 0.192 e. The molecule has 1 fully saturated rings. The molecular formula is C13H27NO4Si. The van der Waals surface area contributed by atoms with Gasteiger partial charge in [0.15, 0.2) is 14.1 Å². The van der Waals surface area contributed by atoms with Gasteiger partial charge in [-0.25, -0.2) is 0 Å². The van der Waals surface area contributed by atoms with Crippen molar-refractivity contribution in [3.05, 3.63) is 0 Å². The summed E-state index contributed by atoms with van der Waals surface area (Å²) in [5, 5.41) is 11.9. The Labute approximate surface area is 117 Å². The Morgan fingerprint density at radius 1 is 1.32 bits per heavy atom. The molecular weight excluding hydrogens is 262 g/mol. The van der Waals surface area contributed by atoms with E-state index in [1.165, 1.54) is 6.21 Å². The van der Waals surface area contributed by atoms with Gasteiger partial charge >= 0.3 is 0 Å². The molecule has 0 saturated carbocycles. The van der Waals surface area contributed by atoms with Crippen LogP contribution in [0.15, 0.2) is 5.16 Å². The number of rotatable bonds is 4. The average molecular weight is 289 g/mol. The Bertz CT molecular complexity index is 336.